The first-order chi connectivity index (χ1) is 16.2. The number of aliphatic hydroxyl groups excluding tert-OH is 1. The highest BCUT2D eigenvalue weighted by Gasteiger charge is 2.09. The number of carbonyl (C=O) groups excluding carboxylic acids is 1. The van der Waals surface area contributed by atoms with Crippen molar-refractivity contribution >= 4 is 5.91 Å². The van der Waals surface area contributed by atoms with Crippen LogP contribution < -0.4 is 5.32 Å². The fraction of sp³-hybridized carbons (Fsp3) is 0.900. The number of amides is 1. The summed E-state index contributed by atoms with van der Waals surface area (Å²) in [7, 11) is 0. The predicted octanol–water partition coefficient (Wildman–Crippen LogP) is 9.03. The van der Waals surface area contributed by atoms with Crippen molar-refractivity contribution in [3.05, 3.63) is 12.2 Å². The van der Waals surface area contributed by atoms with Crippen molar-refractivity contribution in [2.24, 2.45) is 0 Å². The van der Waals surface area contributed by atoms with Crippen LogP contribution in [0.1, 0.15) is 162 Å². The van der Waals surface area contributed by atoms with Crippen LogP contribution >= 0.6 is 0 Å². The Morgan fingerprint density at radius 3 is 1.52 bits per heavy atom. The fourth-order valence-corrected chi connectivity index (χ4v) is 4.38. The Morgan fingerprint density at radius 1 is 0.636 bits per heavy atom. The number of hydrogen-bond donors (Lipinski definition) is 2. The van der Waals surface area contributed by atoms with E-state index in [2.05, 4.69) is 31.3 Å². The van der Waals surface area contributed by atoms with Crippen LogP contribution in [-0.4, -0.2) is 23.7 Å². The van der Waals surface area contributed by atoms with Crippen molar-refractivity contribution in [3.63, 3.8) is 0 Å². The van der Waals surface area contributed by atoms with Crippen LogP contribution in [0.25, 0.3) is 0 Å². The van der Waals surface area contributed by atoms with E-state index in [0.717, 1.165) is 25.7 Å². The van der Waals surface area contributed by atoms with E-state index >= 15 is 0 Å². The Labute approximate surface area is 207 Å². The lowest BCUT2D eigenvalue weighted by molar-refractivity contribution is -0.122. The summed E-state index contributed by atoms with van der Waals surface area (Å²) in [6.07, 6.45) is 33.3. The number of unbranched alkanes of at least 4 members (excludes halogenated alkanes) is 19. The molecule has 0 bridgehead atoms. The molecule has 33 heavy (non-hydrogen) atoms. The van der Waals surface area contributed by atoms with Crippen molar-refractivity contribution in [3.8, 4) is 0 Å². The maximum atomic E-state index is 12.1. The van der Waals surface area contributed by atoms with Gasteiger partial charge in [0.1, 0.15) is 0 Å². The van der Waals surface area contributed by atoms with Crippen LogP contribution in [-0.2, 0) is 4.79 Å². The SMILES string of the molecule is CCCCCCCCCCCCC/C=C/C[C@H](CO)NC(=O)CCCCCCCCCCC. The second-order valence-electron chi connectivity index (χ2n) is 10.1. The molecule has 0 aromatic carbocycles. The maximum absolute atomic E-state index is 12.1. The van der Waals surface area contributed by atoms with Gasteiger partial charge in [0.2, 0.25) is 5.91 Å². The molecule has 196 valence electrons. The van der Waals surface area contributed by atoms with Crippen LogP contribution in [0.4, 0.5) is 0 Å². The molecule has 0 aliphatic rings. The highest BCUT2D eigenvalue weighted by molar-refractivity contribution is 5.76. The number of hydrogen-bond acceptors (Lipinski definition) is 2. The molecule has 0 heterocycles. The number of allylic oxidation sites excluding steroid dienone is 1. The van der Waals surface area contributed by atoms with Gasteiger partial charge >= 0.3 is 0 Å². The molecule has 0 spiro atoms. The van der Waals surface area contributed by atoms with Gasteiger partial charge in [-0.25, -0.2) is 0 Å². The van der Waals surface area contributed by atoms with Gasteiger partial charge < -0.3 is 10.4 Å². The van der Waals surface area contributed by atoms with Crippen molar-refractivity contribution in [1.82, 2.24) is 5.32 Å². The molecule has 0 aromatic rings. The zero-order chi connectivity index (χ0) is 24.2. The molecule has 2 N–H and O–H groups in total. The minimum absolute atomic E-state index is 0.0201. The minimum Gasteiger partial charge on any atom is -0.394 e. The molecule has 0 radical (unpaired) electrons. The van der Waals surface area contributed by atoms with Crippen molar-refractivity contribution < 1.29 is 9.90 Å². The molecule has 1 amide bonds. The quantitative estimate of drug-likeness (QED) is 0.0988. The molecule has 0 aliphatic carbocycles. The lowest BCUT2D eigenvalue weighted by Gasteiger charge is -2.14. The summed E-state index contributed by atoms with van der Waals surface area (Å²) in [5.41, 5.74) is 0. The van der Waals surface area contributed by atoms with Gasteiger partial charge in [-0.05, 0) is 25.7 Å². The van der Waals surface area contributed by atoms with Crippen molar-refractivity contribution in [2.45, 2.75) is 168 Å². The summed E-state index contributed by atoms with van der Waals surface area (Å²) in [5.74, 6) is 0.0933. The van der Waals surface area contributed by atoms with Gasteiger partial charge in [-0.15, -0.1) is 0 Å². The Morgan fingerprint density at radius 2 is 1.06 bits per heavy atom. The monoisotopic (exact) mass is 465 g/mol. The van der Waals surface area contributed by atoms with E-state index in [4.69, 9.17) is 0 Å². The second-order valence-corrected chi connectivity index (χ2v) is 10.1. The van der Waals surface area contributed by atoms with Crippen LogP contribution in [0.2, 0.25) is 0 Å². The van der Waals surface area contributed by atoms with Crippen LogP contribution in [0.5, 0.6) is 0 Å². The predicted molar refractivity (Wildman–Crippen MR) is 146 cm³/mol. The van der Waals surface area contributed by atoms with E-state index in [1.54, 1.807) is 0 Å². The van der Waals surface area contributed by atoms with E-state index in [1.807, 2.05) is 0 Å². The lowest BCUT2D eigenvalue weighted by Crippen LogP contribution is -2.36. The molecule has 0 saturated carbocycles. The topological polar surface area (TPSA) is 49.3 Å². The number of carbonyl (C=O) groups is 1. The minimum atomic E-state index is -0.135. The van der Waals surface area contributed by atoms with Gasteiger partial charge in [-0.2, -0.15) is 0 Å². The fourth-order valence-electron chi connectivity index (χ4n) is 4.38. The smallest absolute Gasteiger partial charge is 0.220 e. The Kier molecular flexibility index (Phi) is 26.7. The first-order valence-corrected chi connectivity index (χ1v) is 14.8. The third-order valence-corrected chi connectivity index (χ3v) is 6.65. The van der Waals surface area contributed by atoms with E-state index in [1.165, 1.54) is 116 Å². The first-order valence-electron chi connectivity index (χ1n) is 14.8. The Balaban J connectivity index is 3.51. The van der Waals surface area contributed by atoms with Crippen molar-refractivity contribution in [1.29, 1.82) is 0 Å². The highest BCUT2D eigenvalue weighted by Crippen LogP contribution is 2.13. The van der Waals surface area contributed by atoms with Gasteiger partial charge in [0.25, 0.3) is 0 Å². The lowest BCUT2D eigenvalue weighted by atomic mass is 10.0. The zero-order valence-electron chi connectivity index (χ0n) is 22.6. The second kappa shape index (κ2) is 27.4. The molecule has 3 nitrogen and oxygen atoms in total. The summed E-state index contributed by atoms with van der Waals surface area (Å²) in [6, 6.07) is -0.135. The summed E-state index contributed by atoms with van der Waals surface area (Å²) in [4.78, 5) is 12.1. The summed E-state index contributed by atoms with van der Waals surface area (Å²) in [5, 5.41) is 12.6. The average molecular weight is 466 g/mol. The molecular weight excluding hydrogens is 406 g/mol. The summed E-state index contributed by atoms with van der Waals surface area (Å²) >= 11 is 0. The normalized spacial score (nSPS) is 12.5. The van der Waals surface area contributed by atoms with Crippen LogP contribution in [0.3, 0.4) is 0 Å². The third kappa shape index (κ3) is 25.6. The Hall–Kier alpha value is -0.830. The zero-order valence-corrected chi connectivity index (χ0v) is 22.6. The number of nitrogens with one attached hydrogen (secondary N) is 1. The molecule has 0 unspecified atom stereocenters. The molecular formula is C30H59NO2. The van der Waals surface area contributed by atoms with Gasteiger partial charge in [-0.3, -0.25) is 4.79 Å². The number of aliphatic hydroxyl groups is 1. The van der Waals surface area contributed by atoms with Crippen LogP contribution in [0.15, 0.2) is 12.2 Å². The van der Waals surface area contributed by atoms with Crippen molar-refractivity contribution in [2.75, 3.05) is 6.61 Å². The van der Waals surface area contributed by atoms with E-state index in [0.29, 0.717) is 6.42 Å². The molecule has 3 heteroatoms. The maximum Gasteiger partial charge on any atom is 0.220 e. The summed E-state index contributed by atoms with van der Waals surface area (Å²) in [6.45, 7) is 4.55. The van der Waals surface area contributed by atoms with Gasteiger partial charge in [0.15, 0.2) is 0 Å². The molecule has 0 saturated heterocycles. The molecule has 1 atom stereocenters. The molecule has 0 fully saturated rings. The van der Waals surface area contributed by atoms with E-state index in [-0.39, 0.29) is 18.6 Å². The molecule has 0 aliphatic heterocycles. The molecule has 0 rings (SSSR count). The Bertz CT molecular complexity index is 422. The third-order valence-electron chi connectivity index (χ3n) is 6.65. The number of rotatable bonds is 26. The van der Waals surface area contributed by atoms with E-state index < -0.39 is 0 Å². The molecule has 0 aromatic heterocycles. The van der Waals surface area contributed by atoms with Gasteiger partial charge in [-0.1, -0.05) is 142 Å². The average Bonchev–Trinajstić information content (AvgIpc) is 2.82. The van der Waals surface area contributed by atoms with Gasteiger partial charge in [0, 0.05) is 6.42 Å². The standard InChI is InChI=1S/C30H59NO2/c1-3-5-7-9-11-13-14-15-16-17-19-20-22-24-26-29(28-32)31-30(33)27-25-23-21-18-12-10-8-6-4-2/h22,24,29,32H,3-21,23,25-28H2,1-2H3,(H,31,33)/b24-22+/t29-/m1/s1. The van der Waals surface area contributed by atoms with E-state index in [9.17, 15) is 9.90 Å². The van der Waals surface area contributed by atoms with Gasteiger partial charge in [0.05, 0.1) is 12.6 Å². The first kappa shape index (κ1) is 32.2. The highest BCUT2D eigenvalue weighted by atomic mass is 16.3. The van der Waals surface area contributed by atoms with Crippen LogP contribution in [0, 0.1) is 0 Å². The summed E-state index contributed by atoms with van der Waals surface area (Å²) < 4.78 is 0. The largest absolute Gasteiger partial charge is 0.394 e.